The van der Waals surface area contributed by atoms with Gasteiger partial charge in [-0.3, -0.25) is 0 Å². The van der Waals surface area contributed by atoms with Crippen LogP contribution in [0.5, 0.6) is 17.2 Å². The third-order valence-electron chi connectivity index (χ3n) is 3.37. The molecule has 0 saturated heterocycles. The molecule has 4 heteroatoms. The van der Waals surface area contributed by atoms with Crippen LogP contribution < -0.4 is 9.47 Å². The van der Waals surface area contributed by atoms with E-state index < -0.39 is 17.4 Å². The van der Waals surface area contributed by atoms with Gasteiger partial charge in [0.05, 0.1) is 7.11 Å². The number of benzene rings is 3. The van der Waals surface area contributed by atoms with Crippen LogP contribution >= 0.6 is 0 Å². The molecule has 3 rings (SSSR count). The number of rotatable bonds is 4. The first-order valence-electron chi connectivity index (χ1n) is 7.04. The molecule has 0 heterocycles. The summed E-state index contributed by atoms with van der Waals surface area (Å²) in [5, 5.41) is 0. The second-order valence-corrected chi connectivity index (χ2v) is 4.88. The van der Waals surface area contributed by atoms with Crippen LogP contribution in [0.1, 0.15) is 0 Å². The molecule has 0 aliphatic carbocycles. The minimum atomic E-state index is -0.753. The molecule has 23 heavy (non-hydrogen) atoms. The fourth-order valence-corrected chi connectivity index (χ4v) is 2.32. The van der Waals surface area contributed by atoms with E-state index in [1.54, 1.807) is 24.3 Å². The molecule has 0 atom stereocenters. The summed E-state index contributed by atoms with van der Waals surface area (Å²) >= 11 is 0. The standard InChI is InChI=1S/C19H14F2O2/c1-22-19-16(20)11-13(12-17(19)21)15-9-5-6-10-18(15)23-14-7-3-2-4-8-14/h2-12H,1H3. The van der Waals surface area contributed by atoms with E-state index in [9.17, 15) is 8.78 Å². The number of hydrogen-bond donors (Lipinski definition) is 0. The molecule has 0 aliphatic rings. The predicted octanol–water partition coefficient (Wildman–Crippen LogP) is 5.43. The van der Waals surface area contributed by atoms with E-state index in [4.69, 9.17) is 9.47 Å². The van der Waals surface area contributed by atoms with Crippen molar-refractivity contribution in [2.75, 3.05) is 7.11 Å². The zero-order chi connectivity index (χ0) is 16.2. The molecular weight excluding hydrogens is 298 g/mol. The van der Waals surface area contributed by atoms with Crippen molar-refractivity contribution in [1.29, 1.82) is 0 Å². The zero-order valence-electron chi connectivity index (χ0n) is 12.4. The van der Waals surface area contributed by atoms with Gasteiger partial charge in [0.15, 0.2) is 17.4 Å². The fraction of sp³-hybridized carbons (Fsp3) is 0.0526. The lowest BCUT2D eigenvalue weighted by atomic mass is 10.0. The lowest BCUT2D eigenvalue weighted by Gasteiger charge is -2.12. The van der Waals surface area contributed by atoms with Crippen LogP contribution in [0.3, 0.4) is 0 Å². The minimum Gasteiger partial charge on any atom is -0.491 e. The van der Waals surface area contributed by atoms with Gasteiger partial charge in [0.1, 0.15) is 11.5 Å². The average Bonchev–Trinajstić information content (AvgIpc) is 2.56. The highest BCUT2D eigenvalue weighted by Gasteiger charge is 2.15. The maximum atomic E-state index is 13.9. The maximum absolute atomic E-state index is 13.9. The summed E-state index contributed by atoms with van der Waals surface area (Å²) in [7, 11) is 1.23. The van der Waals surface area contributed by atoms with Crippen LogP contribution in [0.25, 0.3) is 11.1 Å². The Morgan fingerprint density at radius 3 is 2.04 bits per heavy atom. The highest BCUT2D eigenvalue weighted by Crippen LogP contribution is 2.36. The van der Waals surface area contributed by atoms with E-state index in [2.05, 4.69) is 0 Å². The molecule has 0 N–H and O–H groups in total. The molecule has 3 aromatic rings. The van der Waals surface area contributed by atoms with E-state index in [-0.39, 0.29) is 0 Å². The van der Waals surface area contributed by atoms with Crippen molar-refractivity contribution in [1.82, 2.24) is 0 Å². The van der Waals surface area contributed by atoms with Gasteiger partial charge in [-0.15, -0.1) is 0 Å². The second kappa shape index (κ2) is 6.48. The second-order valence-electron chi connectivity index (χ2n) is 4.88. The molecule has 0 spiro atoms. The Balaban J connectivity index is 2.04. The van der Waals surface area contributed by atoms with Crippen LogP contribution in [0.2, 0.25) is 0 Å². The Labute approximate surface area is 132 Å². The molecule has 2 nitrogen and oxygen atoms in total. The van der Waals surface area contributed by atoms with Gasteiger partial charge in [-0.1, -0.05) is 36.4 Å². The molecule has 0 amide bonds. The monoisotopic (exact) mass is 312 g/mol. The van der Waals surface area contributed by atoms with Crippen molar-refractivity contribution in [2.24, 2.45) is 0 Å². The summed E-state index contributed by atoms with van der Waals surface area (Å²) in [6.07, 6.45) is 0. The summed E-state index contributed by atoms with van der Waals surface area (Å²) in [5.41, 5.74) is 0.976. The van der Waals surface area contributed by atoms with Crippen LogP contribution in [0, 0.1) is 11.6 Å². The zero-order valence-corrected chi connectivity index (χ0v) is 12.4. The molecule has 0 unspecified atom stereocenters. The maximum Gasteiger partial charge on any atom is 0.190 e. The summed E-state index contributed by atoms with van der Waals surface area (Å²) < 4.78 is 38.4. The van der Waals surface area contributed by atoms with Crippen molar-refractivity contribution in [3.8, 4) is 28.4 Å². The van der Waals surface area contributed by atoms with E-state index in [0.29, 0.717) is 22.6 Å². The summed E-state index contributed by atoms with van der Waals surface area (Å²) in [5.74, 6) is -0.735. The molecule has 0 aliphatic heterocycles. The van der Waals surface area contributed by atoms with Crippen molar-refractivity contribution < 1.29 is 18.3 Å². The van der Waals surface area contributed by atoms with Gasteiger partial charge in [-0.2, -0.15) is 0 Å². The van der Waals surface area contributed by atoms with Crippen molar-refractivity contribution in [3.05, 3.63) is 78.4 Å². The van der Waals surface area contributed by atoms with Crippen LogP contribution in [0.4, 0.5) is 8.78 Å². The molecule has 116 valence electrons. The Morgan fingerprint density at radius 2 is 1.39 bits per heavy atom. The molecule has 3 aromatic carbocycles. The van der Waals surface area contributed by atoms with E-state index in [0.717, 1.165) is 0 Å². The summed E-state index contributed by atoms with van der Waals surface area (Å²) in [6.45, 7) is 0. The van der Waals surface area contributed by atoms with Crippen LogP contribution in [0.15, 0.2) is 66.7 Å². The van der Waals surface area contributed by atoms with Crippen molar-refractivity contribution in [2.45, 2.75) is 0 Å². The number of para-hydroxylation sites is 2. The quantitative estimate of drug-likeness (QED) is 0.639. The third kappa shape index (κ3) is 3.16. The highest BCUT2D eigenvalue weighted by atomic mass is 19.1. The van der Waals surface area contributed by atoms with Crippen molar-refractivity contribution >= 4 is 0 Å². The van der Waals surface area contributed by atoms with Gasteiger partial charge in [-0.25, -0.2) is 8.78 Å². The Kier molecular flexibility index (Phi) is 4.24. The third-order valence-corrected chi connectivity index (χ3v) is 3.37. The topological polar surface area (TPSA) is 18.5 Å². The van der Waals surface area contributed by atoms with Gasteiger partial charge in [0, 0.05) is 5.56 Å². The lowest BCUT2D eigenvalue weighted by Crippen LogP contribution is -1.95. The Bertz CT molecular complexity index is 794. The Hall–Kier alpha value is -2.88. The van der Waals surface area contributed by atoms with E-state index in [1.165, 1.54) is 19.2 Å². The number of halogens is 2. The summed E-state index contributed by atoms with van der Waals surface area (Å²) in [6, 6.07) is 18.8. The minimum absolute atomic E-state index is 0.382. The van der Waals surface area contributed by atoms with Gasteiger partial charge in [0.25, 0.3) is 0 Å². The number of ether oxygens (including phenoxy) is 2. The molecule has 0 bridgehead atoms. The lowest BCUT2D eigenvalue weighted by molar-refractivity contribution is 0.360. The number of methoxy groups -OCH3 is 1. The average molecular weight is 312 g/mol. The first-order chi connectivity index (χ1) is 11.2. The molecule has 0 radical (unpaired) electrons. The van der Waals surface area contributed by atoms with Crippen LogP contribution in [-0.2, 0) is 0 Å². The van der Waals surface area contributed by atoms with Crippen molar-refractivity contribution in [3.63, 3.8) is 0 Å². The molecular formula is C19H14F2O2. The van der Waals surface area contributed by atoms with Gasteiger partial charge < -0.3 is 9.47 Å². The fourth-order valence-electron chi connectivity index (χ4n) is 2.32. The summed E-state index contributed by atoms with van der Waals surface area (Å²) in [4.78, 5) is 0. The van der Waals surface area contributed by atoms with Gasteiger partial charge in [0.2, 0.25) is 0 Å². The van der Waals surface area contributed by atoms with Crippen LogP contribution in [-0.4, -0.2) is 7.11 Å². The molecule has 0 fully saturated rings. The van der Waals surface area contributed by atoms with E-state index in [1.807, 2.05) is 30.3 Å². The SMILES string of the molecule is COc1c(F)cc(-c2ccccc2Oc2ccccc2)cc1F. The number of hydrogen-bond acceptors (Lipinski definition) is 2. The van der Waals surface area contributed by atoms with Gasteiger partial charge in [-0.05, 0) is 35.9 Å². The molecule has 0 aromatic heterocycles. The van der Waals surface area contributed by atoms with E-state index >= 15 is 0 Å². The van der Waals surface area contributed by atoms with Gasteiger partial charge >= 0.3 is 0 Å². The Morgan fingerprint density at radius 1 is 0.783 bits per heavy atom. The predicted molar refractivity (Wildman–Crippen MR) is 84.9 cm³/mol. The normalized spacial score (nSPS) is 10.4. The largest absolute Gasteiger partial charge is 0.491 e. The highest BCUT2D eigenvalue weighted by molar-refractivity contribution is 5.71. The smallest absolute Gasteiger partial charge is 0.190 e. The first-order valence-corrected chi connectivity index (χ1v) is 7.04. The molecule has 0 saturated carbocycles. The first kappa shape index (κ1) is 15.0.